The lowest BCUT2D eigenvalue weighted by atomic mass is 9.88. The van der Waals surface area contributed by atoms with Crippen LogP contribution in [0.2, 0.25) is 0 Å². The second-order valence-corrected chi connectivity index (χ2v) is 6.52. The zero-order valence-corrected chi connectivity index (χ0v) is 13.2. The van der Waals surface area contributed by atoms with Crippen molar-refractivity contribution >= 4 is 11.8 Å². The molecule has 0 saturated heterocycles. The number of aliphatic hydroxyl groups excluding tert-OH is 1. The first-order chi connectivity index (χ1) is 9.18. The van der Waals surface area contributed by atoms with Crippen LogP contribution in [-0.2, 0) is 5.54 Å². The number of thioether (sulfide) groups is 1. The Morgan fingerprint density at radius 1 is 1.26 bits per heavy atom. The molecule has 1 rings (SSSR count). The van der Waals surface area contributed by atoms with Gasteiger partial charge in [-0.25, -0.2) is 0 Å². The van der Waals surface area contributed by atoms with Gasteiger partial charge in [-0.1, -0.05) is 51.1 Å². The van der Waals surface area contributed by atoms with Crippen molar-refractivity contribution in [3.05, 3.63) is 35.9 Å². The van der Waals surface area contributed by atoms with E-state index in [4.69, 9.17) is 0 Å². The first-order valence-corrected chi connectivity index (χ1v) is 8.26. The Morgan fingerprint density at radius 3 is 2.47 bits per heavy atom. The molecule has 2 unspecified atom stereocenters. The normalized spacial score (nSPS) is 16.0. The summed E-state index contributed by atoms with van der Waals surface area (Å²) < 4.78 is 0. The molecule has 0 fully saturated rings. The van der Waals surface area contributed by atoms with Gasteiger partial charge in [0.05, 0.1) is 12.1 Å². The summed E-state index contributed by atoms with van der Waals surface area (Å²) >= 11 is 1.99. The number of hydrogen-bond donors (Lipinski definition) is 2. The van der Waals surface area contributed by atoms with Crippen molar-refractivity contribution in [1.29, 1.82) is 0 Å². The van der Waals surface area contributed by atoms with Gasteiger partial charge in [0.2, 0.25) is 0 Å². The Hall–Kier alpha value is -0.510. The minimum atomic E-state index is -0.295. The fraction of sp³-hybridized carbons (Fsp3) is 0.625. The van der Waals surface area contributed by atoms with E-state index in [2.05, 4.69) is 38.2 Å². The van der Waals surface area contributed by atoms with Crippen LogP contribution in [0, 0.1) is 0 Å². The van der Waals surface area contributed by atoms with Gasteiger partial charge in [0.15, 0.2) is 0 Å². The van der Waals surface area contributed by atoms with Crippen LogP contribution < -0.4 is 5.32 Å². The van der Waals surface area contributed by atoms with E-state index in [9.17, 15) is 5.11 Å². The molecule has 0 saturated carbocycles. The van der Waals surface area contributed by atoms with E-state index < -0.39 is 0 Å². The molecule has 2 atom stereocenters. The number of likely N-dealkylation sites (N-methyl/N-ethyl adjacent to an activating group) is 1. The third-order valence-electron chi connectivity index (χ3n) is 3.62. The van der Waals surface area contributed by atoms with Gasteiger partial charge in [-0.3, -0.25) is 0 Å². The van der Waals surface area contributed by atoms with E-state index in [-0.39, 0.29) is 12.1 Å². The lowest BCUT2D eigenvalue weighted by Crippen LogP contribution is -2.46. The summed E-state index contributed by atoms with van der Waals surface area (Å²) in [7, 11) is 0. The SMILES string of the molecule is CCNC(CO)(CCSC(C)CC)c1ccccc1. The zero-order valence-electron chi connectivity index (χ0n) is 12.4. The summed E-state index contributed by atoms with van der Waals surface area (Å²) in [5, 5.41) is 14.1. The first-order valence-electron chi connectivity index (χ1n) is 7.21. The highest BCUT2D eigenvalue weighted by Gasteiger charge is 2.30. The van der Waals surface area contributed by atoms with E-state index in [0.717, 1.165) is 18.7 Å². The molecule has 0 amide bonds. The summed E-state index contributed by atoms with van der Waals surface area (Å²) in [5.74, 6) is 1.07. The van der Waals surface area contributed by atoms with Crippen LogP contribution >= 0.6 is 11.8 Å². The molecule has 1 aromatic rings. The van der Waals surface area contributed by atoms with Crippen LogP contribution in [0.15, 0.2) is 30.3 Å². The molecule has 2 N–H and O–H groups in total. The molecule has 0 heterocycles. The molecule has 0 aliphatic carbocycles. The van der Waals surface area contributed by atoms with E-state index in [1.807, 2.05) is 30.0 Å². The van der Waals surface area contributed by atoms with Crippen molar-refractivity contribution in [2.24, 2.45) is 0 Å². The first kappa shape index (κ1) is 16.5. The molecule has 0 aliphatic heterocycles. The van der Waals surface area contributed by atoms with Crippen molar-refractivity contribution in [1.82, 2.24) is 5.32 Å². The summed E-state index contributed by atoms with van der Waals surface area (Å²) in [4.78, 5) is 0. The molecule has 108 valence electrons. The van der Waals surface area contributed by atoms with Crippen LogP contribution in [0.3, 0.4) is 0 Å². The molecular formula is C16H27NOS. The van der Waals surface area contributed by atoms with Gasteiger partial charge in [-0.15, -0.1) is 0 Å². The Kier molecular flexibility index (Phi) is 7.51. The smallest absolute Gasteiger partial charge is 0.0676 e. The van der Waals surface area contributed by atoms with Gasteiger partial charge < -0.3 is 10.4 Å². The molecule has 3 heteroatoms. The second-order valence-electron chi connectivity index (χ2n) is 4.98. The second kappa shape index (κ2) is 8.62. The maximum absolute atomic E-state index is 9.91. The molecule has 0 radical (unpaired) electrons. The van der Waals surface area contributed by atoms with Gasteiger partial charge in [0.1, 0.15) is 0 Å². The van der Waals surface area contributed by atoms with Crippen LogP contribution in [0.5, 0.6) is 0 Å². The summed E-state index contributed by atoms with van der Waals surface area (Å²) in [6.07, 6.45) is 2.15. The van der Waals surface area contributed by atoms with Crippen molar-refractivity contribution < 1.29 is 5.11 Å². The number of hydrogen-bond acceptors (Lipinski definition) is 3. The Bertz CT molecular complexity index is 344. The molecule has 19 heavy (non-hydrogen) atoms. The lowest BCUT2D eigenvalue weighted by Gasteiger charge is -2.34. The van der Waals surface area contributed by atoms with Gasteiger partial charge in [-0.05, 0) is 30.7 Å². The molecule has 0 spiro atoms. The predicted molar refractivity (Wildman–Crippen MR) is 85.7 cm³/mol. The Labute approximate surface area is 122 Å². The van der Waals surface area contributed by atoms with Crippen LogP contribution in [0.1, 0.15) is 39.2 Å². The maximum atomic E-state index is 9.91. The van der Waals surface area contributed by atoms with Gasteiger partial charge in [0.25, 0.3) is 0 Å². The molecule has 0 bridgehead atoms. The van der Waals surface area contributed by atoms with E-state index >= 15 is 0 Å². The van der Waals surface area contributed by atoms with Gasteiger partial charge in [0, 0.05) is 5.25 Å². The van der Waals surface area contributed by atoms with Crippen LogP contribution in [0.4, 0.5) is 0 Å². The Morgan fingerprint density at radius 2 is 1.95 bits per heavy atom. The number of benzene rings is 1. The van der Waals surface area contributed by atoms with Crippen molar-refractivity contribution in [2.75, 3.05) is 18.9 Å². The third kappa shape index (κ3) is 4.83. The number of nitrogens with one attached hydrogen (secondary N) is 1. The van der Waals surface area contributed by atoms with E-state index in [1.165, 1.54) is 12.0 Å². The highest BCUT2D eigenvalue weighted by Crippen LogP contribution is 2.28. The van der Waals surface area contributed by atoms with Crippen molar-refractivity contribution in [2.45, 2.75) is 44.4 Å². The fourth-order valence-corrected chi connectivity index (χ4v) is 3.31. The molecule has 2 nitrogen and oxygen atoms in total. The quantitative estimate of drug-likeness (QED) is 0.727. The van der Waals surface area contributed by atoms with Gasteiger partial charge >= 0.3 is 0 Å². The summed E-state index contributed by atoms with van der Waals surface area (Å²) in [6.45, 7) is 7.59. The predicted octanol–water partition coefficient (Wildman–Crippen LogP) is 3.41. The van der Waals surface area contributed by atoms with Crippen LogP contribution in [-0.4, -0.2) is 29.3 Å². The largest absolute Gasteiger partial charge is 0.394 e. The summed E-state index contributed by atoms with van der Waals surface area (Å²) in [6, 6.07) is 10.3. The lowest BCUT2D eigenvalue weighted by molar-refractivity contribution is 0.158. The topological polar surface area (TPSA) is 32.3 Å². The Balaban J connectivity index is 2.75. The van der Waals surface area contributed by atoms with E-state index in [1.54, 1.807) is 0 Å². The maximum Gasteiger partial charge on any atom is 0.0676 e. The average Bonchev–Trinajstić information content (AvgIpc) is 2.47. The van der Waals surface area contributed by atoms with Gasteiger partial charge in [-0.2, -0.15) is 11.8 Å². The average molecular weight is 281 g/mol. The monoisotopic (exact) mass is 281 g/mol. The zero-order chi connectivity index (χ0) is 14.1. The molecule has 0 aliphatic rings. The highest BCUT2D eigenvalue weighted by molar-refractivity contribution is 7.99. The highest BCUT2D eigenvalue weighted by atomic mass is 32.2. The minimum absolute atomic E-state index is 0.145. The standard InChI is InChI=1S/C16H27NOS/c1-4-14(3)19-12-11-16(13-18,17-5-2)15-9-7-6-8-10-15/h6-10,14,17-18H,4-5,11-13H2,1-3H3. The molecule has 1 aromatic carbocycles. The van der Waals surface area contributed by atoms with Crippen molar-refractivity contribution in [3.63, 3.8) is 0 Å². The summed E-state index contributed by atoms with van der Waals surface area (Å²) in [5.41, 5.74) is 0.889. The van der Waals surface area contributed by atoms with Crippen molar-refractivity contribution in [3.8, 4) is 0 Å². The number of rotatable bonds is 9. The number of aliphatic hydroxyl groups is 1. The molecule has 0 aromatic heterocycles. The fourth-order valence-electron chi connectivity index (χ4n) is 2.21. The third-order valence-corrected chi connectivity index (χ3v) is 4.96. The molecular weight excluding hydrogens is 254 g/mol. The van der Waals surface area contributed by atoms with Crippen LogP contribution in [0.25, 0.3) is 0 Å². The van der Waals surface area contributed by atoms with E-state index in [0.29, 0.717) is 5.25 Å². The minimum Gasteiger partial charge on any atom is -0.394 e.